The maximum absolute atomic E-state index is 13.2. The molecule has 1 saturated carbocycles. The smallest absolute Gasteiger partial charge is 0.309 e. The maximum atomic E-state index is 13.2. The summed E-state index contributed by atoms with van der Waals surface area (Å²) in [6.07, 6.45) is -0.194. The van der Waals surface area contributed by atoms with Gasteiger partial charge in [0.1, 0.15) is 0 Å². The quantitative estimate of drug-likeness (QED) is 0.795. The van der Waals surface area contributed by atoms with Crippen molar-refractivity contribution in [1.82, 2.24) is 5.32 Å². The largest absolute Gasteiger partial charge is 0.372 e. The predicted octanol–water partition coefficient (Wildman–Crippen LogP) is 2.97. The lowest BCUT2D eigenvalue weighted by molar-refractivity contribution is -0.174. The fourth-order valence-corrected chi connectivity index (χ4v) is 3.04. The number of hydrogen-bond acceptors (Lipinski definition) is 2. The summed E-state index contributed by atoms with van der Waals surface area (Å²) in [4.78, 5) is 0. The van der Waals surface area contributed by atoms with Crippen LogP contribution in [0.2, 0.25) is 0 Å². The van der Waals surface area contributed by atoms with Gasteiger partial charge in [-0.1, -0.05) is 19.3 Å². The summed E-state index contributed by atoms with van der Waals surface area (Å²) in [6.45, 7) is 0.919. The topological polar surface area (TPSA) is 21.3 Å². The number of rotatable bonds is 3. The van der Waals surface area contributed by atoms with Crippen LogP contribution in [-0.4, -0.2) is 37.1 Å². The summed E-state index contributed by atoms with van der Waals surface area (Å²) in [5.41, 5.74) is -0.658. The Bertz CT molecular complexity index is 271. The second-order valence-electron chi connectivity index (χ2n) is 5.25. The molecule has 0 radical (unpaired) electrons. The van der Waals surface area contributed by atoms with Gasteiger partial charge in [-0.3, -0.25) is 0 Å². The second-order valence-corrected chi connectivity index (χ2v) is 5.25. The third-order valence-electron chi connectivity index (χ3n) is 4.01. The monoisotopic (exact) mass is 269 g/mol. The Labute approximate surface area is 104 Å². The molecule has 1 unspecified atom stereocenters. The van der Waals surface area contributed by atoms with Crippen LogP contribution in [0.3, 0.4) is 0 Å². The van der Waals surface area contributed by atoms with E-state index in [0.717, 1.165) is 19.3 Å². The molecule has 1 aliphatic heterocycles. The molecule has 0 amide bonds. The molecule has 1 aliphatic carbocycles. The standard InChI is InChI=1S/C12H19F4NO/c13-10(14)12(15,16)8-9-11(18-7-6-17-9)4-2-1-3-5-11/h9-10,17H,1-8H2. The van der Waals surface area contributed by atoms with Crippen LogP contribution in [-0.2, 0) is 4.74 Å². The molecule has 1 spiro atoms. The summed E-state index contributed by atoms with van der Waals surface area (Å²) in [7, 11) is 0. The number of alkyl halides is 4. The molecule has 0 bridgehead atoms. The molecule has 1 saturated heterocycles. The summed E-state index contributed by atoms with van der Waals surface area (Å²) in [5.74, 6) is -3.94. The first-order chi connectivity index (χ1) is 8.46. The molecule has 1 atom stereocenters. The Morgan fingerprint density at radius 1 is 1.22 bits per heavy atom. The fourth-order valence-electron chi connectivity index (χ4n) is 3.04. The van der Waals surface area contributed by atoms with Gasteiger partial charge >= 0.3 is 12.3 Å². The highest BCUT2D eigenvalue weighted by atomic mass is 19.3. The summed E-state index contributed by atoms with van der Waals surface area (Å²) in [5, 5.41) is 2.95. The van der Waals surface area contributed by atoms with Crippen LogP contribution in [0, 0.1) is 0 Å². The number of ether oxygens (including phenoxy) is 1. The fraction of sp³-hybridized carbons (Fsp3) is 1.00. The molecule has 2 aliphatic rings. The normalized spacial score (nSPS) is 28.8. The lowest BCUT2D eigenvalue weighted by atomic mass is 9.76. The first kappa shape index (κ1) is 14.1. The van der Waals surface area contributed by atoms with Gasteiger partial charge < -0.3 is 10.1 Å². The van der Waals surface area contributed by atoms with E-state index in [1.165, 1.54) is 0 Å². The van der Waals surface area contributed by atoms with Gasteiger partial charge in [-0.05, 0) is 12.8 Å². The van der Waals surface area contributed by atoms with Crippen LogP contribution in [0.4, 0.5) is 17.6 Å². The lowest BCUT2D eigenvalue weighted by Crippen LogP contribution is -2.60. The van der Waals surface area contributed by atoms with Gasteiger partial charge in [0.25, 0.3) is 0 Å². The van der Waals surface area contributed by atoms with E-state index >= 15 is 0 Å². The van der Waals surface area contributed by atoms with Crippen molar-refractivity contribution in [3.8, 4) is 0 Å². The average molecular weight is 269 g/mol. The van der Waals surface area contributed by atoms with Gasteiger partial charge in [0.2, 0.25) is 0 Å². The number of nitrogens with one attached hydrogen (secondary N) is 1. The summed E-state index contributed by atoms with van der Waals surface area (Å²) >= 11 is 0. The van der Waals surface area contributed by atoms with Crippen LogP contribution in [0.25, 0.3) is 0 Å². The van der Waals surface area contributed by atoms with E-state index in [4.69, 9.17) is 4.74 Å². The molecule has 18 heavy (non-hydrogen) atoms. The Morgan fingerprint density at radius 2 is 1.89 bits per heavy atom. The van der Waals surface area contributed by atoms with Gasteiger partial charge in [0.15, 0.2) is 0 Å². The van der Waals surface area contributed by atoms with Gasteiger partial charge in [0.05, 0.1) is 12.2 Å². The predicted molar refractivity (Wildman–Crippen MR) is 59.1 cm³/mol. The molecule has 106 valence electrons. The third kappa shape index (κ3) is 2.79. The minimum Gasteiger partial charge on any atom is -0.372 e. The van der Waals surface area contributed by atoms with Crippen molar-refractivity contribution in [2.75, 3.05) is 13.2 Å². The van der Waals surface area contributed by atoms with E-state index in [9.17, 15) is 17.6 Å². The molecular weight excluding hydrogens is 250 g/mol. The molecule has 0 aromatic heterocycles. The molecule has 2 rings (SSSR count). The molecule has 2 fully saturated rings. The minimum atomic E-state index is -3.94. The first-order valence-electron chi connectivity index (χ1n) is 6.50. The Balaban J connectivity index is 2.08. The number of morpholine rings is 1. The SMILES string of the molecule is FC(F)C(F)(F)CC1NCCOC12CCCCC2. The Hall–Kier alpha value is -0.360. The van der Waals surface area contributed by atoms with E-state index in [1.54, 1.807) is 0 Å². The van der Waals surface area contributed by atoms with Crippen molar-refractivity contribution in [3.05, 3.63) is 0 Å². The van der Waals surface area contributed by atoms with E-state index in [0.29, 0.717) is 26.0 Å². The van der Waals surface area contributed by atoms with Crippen molar-refractivity contribution in [3.63, 3.8) is 0 Å². The Morgan fingerprint density at radius 3 is 2.50 bits per heavy atom. The van der Waals surface area contributed by atoms with Crippen molar-refractivity contribution in [2.45, 2.75) is 62.5 Å². The highest BCUT2D eigenvalue weighted by Crippen LogP contribution is 2.40. The zero-order valence-corrected chi connectivity index (χ0v) is 10.2. The van der Waals surface area contributed by atoms with Gasteiger partial charge in [-0.15, -0.1) is 0 Å². The van der Waals surface area contributed by atoms with Crippen LogP contribution >= 0.6 is 0 Å². The van der Waals surface area contributed by atoms with E-state index < -0.39 is 30.4 Å². The highest BCUT2D eigenvalue weighted by Gasteiger charge is 2.50. The summed E-state index contributed by atoms with van der Waals surface area (Å²) < 4.78 is 56.8. The second kappa shape index (κ2) is 5.33. The molecule has 0 aromatic rings. The van der Waals surface area contributed by atoms with Crippen LogP contribution in [0.15, 0.2) is 0 Å². The Kier molecular flexibility index (Phi) is 4.16. The highest BCUT2D eigenvalue weighted by molar-refractivity contribution is 5.00. The number of halogens is 4. The van der Waals surface area contributed by atoms with E-state index in [-0.39, 0.29) is 0 Å². The average Bonchev–Trinajstić information content (AvgIpc) is 2.33. The van der Waals surface area contributed by atoms with Gasteiger partial charge in [-0.2, -0.15) is 0 Å². The van der Waals surface area contributed by atoms with Gasteiger partial charge in [-0.25, -0.2) is 17.6 Å². The summed E-state index contributed by atoms with van der Waals surface area (Å²) in [6, 6.07) is -0.671. The van der Waals surface area contributed by atoms with E-state index in [2.05, 4.69) is 5.32 Å². The zero-order valence-electron chi connectivity index (χ0n) is 10.2. The minimum absolute atomic E-state index is 0.450. The van der Waals surface area contributed by atoms with Crippen molar-refractivity contribution in [2.24, 2.45) is 0 Å². The van der Waals surface area contributed by atoms with Crippen LogP contribution < -0.4 is 5.32 Å². The molecule has 1 N–H and O–H groups in total. The number of hydrogen-bond donors (Lipinski definition) is 1. The molecule has 1 heterocycles. The molecular formula is C12H19F4NO. The maximum Gasteiger partial charge on any atom is 0.309 e. The lowest BCUT2D eigenvalue weighted by Gasteiger charge is -2.47. The van der Waals surface area contributed by atoms with Crippen molar-refractivity contribution >= 4 is 0 Å². The third-order valence-corrected chi connectivity index (χ3v) is 4.01. The van der Waals surface area contributed by atoms with Crippen molar-refractivity contribution < 1.29 is 22.3 Å². The first-order valence-corrected chi connectivity index (χ1v) is 6.50. The molecule has 0 aromatic carbocycles. The molecule has 6 heteroatoms. The van der Waals surface area contributed by atoms with Crippen LogP contribution in [0.1, 0.15) is 38.5 Å². The van der Waals surface area contributed by atoms with Gasteiger partial charge in [0, 0.05) is 19.0 Å². The van der Waals surface area contributed by atoms with Crippen molar-refractivity contribution in [1.29, 1.82) is 0 Å². The van der Waals surface area contributed by atoms with E-state index in [1.807, 2.05) is 0 Å². The zero-order chi connectivity index (χ0) is 13.2. The molecule has 2 nitrogen and oxygen atoms in total. The van der Waals surface area contributed by atoms with Crippen LogP contribution in [0.5, 0.6) is 0 Å².